The van der Waals surface area contributed by atoms with Gasteiger partial charge in [-0.1, -0.05) is 55.7 Å². The van der Waals surface area contributed by atoms with E-state index in [0.717, 1.165) is 5.92 Å². The van der Waals surface area contributed by atoms with E-state index in [1.165, 1.54) is 38.5 Å². The van der Waals surface area contributed by atoms with E-state index in [1.807, 2.05) is 0 Å². The highest BCUT2D eigenvalue weighted by Crippen LogP contribution is 2.50. The van der Waals surface area contributed by atoms with Crippen LogP contribution < -0.4 is 0 Å². The first kappa shape index (κ1) is 15.6. The number of allylic oxidation sites excluding steroid dienone is 6. The van der Waals surface area contributed by atoms with Crippen molar-refractivity contribution in [2.45, 2.75) is 73.1 Å². The zero-order chi connectivity index (χ0) is 14.8. The lowest BCUT2D eigenvalue weighted by atomic mass is 9.70. The Labute approximate surface area is 126 Å². The van der Waals surface area contributed by atoms with Gasteiger partial charge in [-0.25, -0.2) is 0 Å². The van der Waals surface area contributed by atoms with Gasteiger partial charge >= 0.3 is 0 Å². The SMILES string of the molecule is C/C1=C/C[C@]2(C)CC=C(C(C)C)[C@H]2CC/C(C)=C\CC1. The Morgan fingerprint density at radius 1 is 1.00 bits per heavy atom. The van der Waals surface area contributed by atoms with Gasteiger partial charge in [0.25, 0.3) is 0 Å². The fourth-order valence-corrected chi connectivity index (χ4v) is 3.95. The van der Waals surface area contributed by atoms with E-state index in [9.17, 15) is 0 Å². The summed E-state index contributed by atoms with van der Waals surface area (Å²) in [5, 5.41) is 0. The molecule has 0 N–H and O–H groups in total. The van der Waals surface area contributed by atoms with Crippen molar-refractivity contribution < 1.29 is 0 Å². The van der Waals surface area contributed by atoms with Gasteiger partial charge in [-0.15, -0.1) is 0 Å². The summed E-state index contributed by atoms with van der Waals surface area (Å²) < 4.78 is 0. The first-order valence-electron chi connectivity index (χ1n) is 8.43. The monoisotopic (exact) mass is 272 g/mol. The summed E-state index contributed by atoms with van der Waals surface area (Å²) in [4.78, 5) is 0. The number of hydrogen-bond acceptors (Lipinski definition) is 0. The number of fused-ring (bicyclic) bond motifs is 1. The van der Waals surface area contributed by atoms with Crippen LogP contribution in [0.5, 0.6) is 0 Å². The maximum absolute atomic E-state index is 2.56. The molecule has 0 heteroatoms. The largest absolute Gasteiger partial charge is 0.0853 e. The van der Waals surface area contributed by atoms with Gasteiger partial charge < -0.3 is 0 Å². The highest BCUT2D eigenvalue weighted by molar-refractivity contribution is 5.23. The van der Waals surface area contributed by atoms with E-state index in [-0.39, 0.29) is 0 Å². The van der Waals surface area contributed by atoms with Crippen LogP contribution in [-0.2, 0) is 0 Å². The lowest BCUT2D eigenvalue weighted by molar-refractivity contribution is 0.225. The fraction of sp³-hybridized carbons (Fsp3) is 0.700. The molecule has 2 rings (SSSR count). The molecule has 0 aromatic rings. The minimum absolute atomic E-state index is 0.464. The molecule has 2 aliphatic rings. The lowest BCUT2D eigenvalue weighted by Gasteiger charge is -2.34. The zero-order valence-electron chi connectivity index (χ0n) is 14.1. The average Bonchev–Trinajstić information content (AvgIpc) is 2.70. The highest BCUT2D eigenvalue weighted by atomic mass is 14.4. The normalized spacial score (nSPS) is 37.3. The summed E-state index contributed by atoms with van der Waals surface area (Å²) >= 11 is 0. The molecule has 0 aliphatic heterocycles. The molecule has 0 bridgehead atoms. The molecule has 0 radical (unpaired) electrons. The first-order valence-corrected chi connectivity index (χ1v) is 8.43. The molecule has 0 fully saturated rings. The Balaban J connectivity index is 2.26. The van der Waals surface area contributed by atoms with Crippen molar-refractivity contribution in [2.24, 2.45) is 17.3 Å². The third-order valence-corrected chi connectivity index (χ3v) is 5.49. The molecule has 0 aromatic carbocycles. The Morgan fingerprint density at radius 3 is 2.35 bits per heavy atom. The van der Waals surface area contributed by atoms with Crippen LogP contribution >= 0.6 is 0 Å². The van der Waals surface area contributed by atoms with Gasteiger partial charge in [0.15, 0.2) is 0 Å². The van der Waals surface area contributed by atoms with E-state index < -0.39 is 0 Å². The third kappa shape index (κ3) is 3.45. The maximum atomic E-state index is 2.56. The molecule has 20 heavy (non-hydrogen) atoms. The van der Waals surface area contributed by atoms with Crippen molar-refractivity contribution in [3.8, 4) is 0 Å². The highest BCUT2D eigenvalue weighted by Gasteiger charge is 2.39. The molecule has 0 nitrogen and oxygen atoms in total. The maximum Gasteiger partial charge on any atom is -0.0138 e. The molecule has 2 atom stereocenters. The minimum atomic E-state index is 0.464. The molecular formula is C20H32. The number of rotatable bonds is 1. The summed E-state index contributed by atoms with van der Waals surface area (Å²) in [5.74, 6) is 1.49. The van der Waals surface area contributed by atoms with Crippen LogP contribution in [0.3, 0.4) is 0 Å². The van der Waals surface area contributed by atoms with Gasteiger partial charge in [-0.05, 0) is 69.6 Å². The molecule has 112 valence electrons. The Hall–Kier alpha value is -0.780. The average molecular weight is 272 g/mol. The van der Waals surface area contributed by atoms with Gasteiger partial charge in [-0.3, -0.25) is 0 Å². The molecule has 0 amide bonds. The number of hydrogen-bond donors (Lipinski definition) is 0. The van der Waals surface area contributed by atoms with Crippen molar-refractivity contribution in [2.75, 3.05) is 0 Å². The van der Waals surface area contributed by atoms with Gasteiger partial charge in [-0.2, -0.15) is 0 Å². The Bertz CT molecular complexity index is 433. The zero-order valence-corrected chi connectivity index (χ0v) is 14.1. The molecule has 0 saturated heterocycles. The molecular weight excluding hydrogens is 240 g/mol. The fourth-order valence-electron chi connectivity index (χ4n) is 3.95. The minimum Gasteiger partial charge on any atom is -0.0853 e. The van der Waals surface area contributed by atoms with Crippen molar-refractivity contribution in [3.05, 3.63) is 34.9 Å². The van der Waals surface area contributed by atoms with Crippen LogP contribution in [0.1, 0.15) is 73.1 Å². The van der Waals surface area contributed by atoms with Crippen molar-refractivity contribution >= 4 is 0 Å². The quantitative estimate of drug-likeness (QED) is 0.481. The first-order chi connectivity index (χ1) is 9.42. The Kier molecular flexibility index (Phi) is 4.94. The second-order valence-corrected chi connectivity index (χ2v) is 7.65. The van der Waals surface area contributed by atoms with Gasteiger partial charge in [0.1, 0.15) is 0 Å². The third-order valence-electron chi connectivity index (χ3n) is 5.49. The van der Waals surface area contributed by atoms with E-state index >= 15 is 0 Å². The summed E-state index contributed by atoms with van der Waals surface area (Å²) in [5.41, 5.74) is 5.36. The van der Waals surface area contributed by atoms with E-state index in [1.54, 1.807) is 16.7 Å². The molecule has 0 heterocycles. The van der Waals surface area contributed by atoms with E-state index in [0.29, 0.717) is 11.3 Å². The predicted molar refractivity (Wildman–Crippen MR) is 89.7 cm³/mol. The van der Waals surface area contributed by atoms with Gasteiger partial charge in [0, 0.05) is 0 Å². The topological polar surface area (TPSA) is 0 Å². The predicted octanol–water partition coefficient (Wildman–Crippen LogP) is 6.45. The summed E-state index contributed by atoms with van der Waals surface area (Å²) in [7, 11) is 0. The summed E-state index contributed by atoms with van der Waals surface area (Å²) in [6.07, 6.45) is 15.2. The van der Waals surface area contributed by atoms with Crippen LogP contribution in [0.4, 0.5) is 0 Å². The van der Waals surface area contributed by atoms with Gasteiger partial charge in [0.05, 0.1) is 0 Å². The molecule has 0 spiro atoms. The van der Waals surface area contributed by atoms with Crippen molar-refractivity contribution in [1.82, 2.24) is 0 Å². The van der Waals surface area contributed by atoms with Gasteiger partial charge in [0.2, 0.25) is 0 Å². The molecule has 2 aliphatic carbocycles. The van der Waals surface area contributed by atoms with E-state index in [4.69, 9.17) is 0 Å². The second kappa shape index (κ2) is 6.33. The smallest absolute Gasteiger partial charge is 0.0138 e. The molecule has 0 aromatic heterocycles. The van der Waals surface area contributed by atoms with Crippen LogP contribution in [-0.4, -0.2) is 0 Å². The Morgan fingerprint density at radius 2 is 1.65 bits per heavy atom. The lowest BCUT2D eigenvalue weighted by Crippen LogP contribution is -2.25. The van der Waals surface area contributed by atoms with Crippen LogP contribution in [0.15, 0.2) is 34.9 Å². The van der Waals surface area contributed by atoms with Crippen LogP contribution in [0.25, 0.3) is 0 Å². The standard InChI is InChI=1S/C20H32/c1-15(2)18-12-14-20(5)13-11-17(4)8-6-7-16(3)9-10-19(18)20/h7,11-12,15,19H,6,8-10,13-14H2,1-5H3/b16-7-,17-11-/t19-,20-/m1/s1. The van der Waals surface area contributed by atoms with Crippen molar-refractivity contribution in [3.63, 3.8) is 0 Å². The molecule has 0 unspecified atom stereocenters. The van der Waals surface area contributed by atoms with Crippen LogP contribution in [0, 0.1) is 17.3 Å². The van der Waals surface area contributed by atoms with Crippen LogP contribution in [0.2, 0.25) is 0 Å². The molecule has 0 saturated carbocycles. The van der Waals surface area contributed by atoms with Crippen molar-refractivity contribution in [1.29, 1.82) is 0 Å². The second-order valence-electron chi connectivity index (χ2n) is 7.65. The summed E-state index contributed by atoms with van der Waals surface area (Å²) in [6, 6.07) is 0. The summed E-state index contributed by atoms with van der Waals surface area (Å²) in [6.45, 7) is 11.9. The van der Waals surface area contributed by atoms with E-state index in [2.05, 4.69) is 52.8 Å².